The number of ketones is 1. The van der Waals surface area contributed by atoms with E-state index in [1.807, 2.05) is 0 Å². The highest BCUT2D eigenvalue weighted by Gasteiger charge is 2.14. The Morgan fingerprint density at radius 2 is 1.69 bits per heavy atom. The van der Waals surface area contributed by atoms with E-state index in [4.69, 9.17) is 39.5 Å². The lowest BCUT2D eigenvalue weighted by Crippen LogP contribution is -2.15. The van der Waals surface area contributed by atoms with Crippen molar-refractivity contribution in [2.24, 2.45) is 0 Å². The van der Waals surface area contributed by atoms with Crippen molar-refractivity contribution < 1.29 is 19.2 Å². The number of rotatable bonds is 7. The van der Waals surface area contributed by atoms with Crippen LogP contribution in [0.3, 0.4) is 0 Å². The molecule has 0 heterocycles. The number of ether oxygens (including phenoxy) is 1. The second-order valence-electron chi connectivity index (χ2n) is 4.85. The molecule has 2 aromatic carbocycles. The number of hydrogen-bond acceptors (Lipinski definition) is 6. The maximum absolute atomic E-state index is 11.9. The molecular weight excluding hydrogens is 425 g/mol. The van der Waals surface area contributed by atoms with Crippen LogP contribution < -0.4 is 0 Å². The summed E-state index contributed by atoms with van der Waals surface area (Å²) < 4.78 is 4.91. The Kier molecular flexibility index (Phi) is 7.28. The number of carbonyl (C=O) groups is 2. The van der Waals surface area contributed by atoms with E-state index >= 15 is 0 Å². The van der Waals surface area contributed by atoms with Crippen LogP contribution in [0.25, 0.3) is 0 Å². The van der Waals surface area contributed by atoms with Gasteiger partial charge in [0.1, 0.15) is 0 Å². The molecule has 0 aliphatic rings. The molecule has 0 unspecified atom stereocenters. The fourth-order valence-corrected chi connectivity index (χ4v) is 3.30. The fraction of sp³-hybridized carbons (Fsp3) is 0.125. The van der Waals surface area contributed by atoms with Crippen LogP contribution in [-0.4, -0.2) is 29.0 Å². The molecule has 0 amide bonds. The third kappa shape index (κ3) is 5.35. The van der Waals surface area contributed by atoms with Gasteiger partial charge in [0.05, 0.1) is 25.7 Å². The van der Waals surface area contributed by atoms with E-state index in [2.05, 4.69) is 0 Å². The van der Waals surface area contributed by atoms with Crippen molar-refractivity contribution in [3.63, 3.8) is 0 Å². The third-order valence-corrected chi connectivity index (χ3v) is 5.55. The van der Waals surface area contributed by atoms with Gasteiger partial charge in [0.25, 0.3) is 5.69 Å². The standard InChI is InChI=1S/C16H10Cl3NO5S/c17-11-5-6-13(16(19)15(11)18)26-8-14(22)25-7-12(21)9-1-3-10(4-2-9)20(23)24/h1-6H,7-8H2. The van der Waals surface area contributed by atoms with E-state index in [1.54, 1.807) is 12.1 Å². The summed E-state index contributed by atoms with van der Waals surface area (Å²) >= 11 is 18.9. The van der Waals surface area contributed by atoms with Crippen LogP contribution in [0.5, 0.6) is 0 Å². The van der Waals surface area contributed by atoms with Crippen LogP contribution in [0.1, 0.15) is 10.4 Å². The minimum atomic E-state index is -0.618. The first kappa shape index (κ1) is 20.5. The molecule has 0 aliphatic heterocycles. The molecule has 0 saturated heterocycles. The van der Waals surface area contributed by atoms with Crippen molar-refractivity contribution in [3.8, 4) is 0 Å². The summed E-state index contributed by atoms with van der Waals surface area (Å²) in [6, 6.07) is 8.20. The summed E-state index contributed by atoms with van der Waals surface area (Å²) in [5.74, 6) is -1.16. The van der Waals surface area contributed by atoms with Gasteiger partial charge in [-0.25, -0.2) is 0 Å². The predicted molar refractivity (Wildman–Crippen MR) is 101 cm³/mol. The number of carbonyl (C=O) groups excluding carboxylic acids is 2. The summed E-state index contributed by atoms with van der Waals surface area (Å²) in [6.45, 7) is -0.466. The minimum Gasteiger partial charge on any atom is -0.457 e. The van der Waals surface area contributed by atoms with Crippen molar-refractivity contribution in [2.75, 3.05) is 12.4 Å². The highest BCUT2D eigenvalue weighted by molar-refractivity contribution is 8.00. The van der Waals surface area contributed by atoms with Crippen molar-refractivity contribution in [2.45, 2.75) is 4.90 Å². The first-order chi connectivity index (χ1) is 12.3. The lowest BCUT2D eigenvalue weighted by Gasteiger charge is -2.07. The van der Waals surface area contributed by atoms with Gasteiger partial charge in [-0.1, -0.05) is 34.8 Å². The number of non-ortho nitro benzene ring substituents is 1. The molecule has 26 heavy (non-hydrogen) atoms. The van der Waals surface area contributed by atoms with Crippen molar-refractivity contribution in [3.05, 3.63) is 67.1 Å². The maximum atomic E-state index is 11.9. The van der Waals surface area contributed by atoms with Gasteiger partial charge in [-0.05, 0) is 24.3 Å². The topological polar surface area (TPSA) is 86.5 Å². The number of thioether (sulfide) groups is 1. The summed E-state index contributed by atoms with van der Waals surface area (Å²) in [5.41, 5.74) is 0.0806. The van der Waals surface area contributed by atoms with Crippen LogP contribution in [0.15, 0.2) is 41.3 Å². The first-order valence-corrected chi connectivity index (χ1v) is 9.11. The van der Waals surface area contributed by atoms with Gasteiger partial charge >= 0.3 is 5.97 Å². The van der Waals surface area contributed by atoms with Gasteiger partial charge in [-0.2, -0.15) is 0 Å². The molecule has 10 heteroatoms. The van der Waals surface area contributed by atoms with Crippen molar-refractivity contribution >= 4 is 64.0 Å². The number of esters is 1. The third-order valence-electron chi connectivity index (χ3n) is 3.11. The zero-order chi connectivity index (χ0) is 19.3. The number of benzene rings is 2. The highest BCUT2D eigenvalue weighted by Crippen LogP contribution is 2.37. The van der Waals surface area contributed by atoms with Crippen LogP contribution in [0.4, 0.5) is 5.69 Å². The molecule has 0 fully saturated rings. The van der Waals surface area contributed by atoms with Gasteiger partial charge in [0, 0.05) is 22.6 Å². The highest BCUT2D eigenvalue weighted by atomic mass is 35.5. The Hall–Kier alpha value is -1.80. The minimum absolute atomic E-state index is 0.0782. The van der Waals surface area contributed by atoms with E-state index in [-0.39, 0.29) is 27.0 Å². The van der Waals surface area contributed by atoms with E-state index in [9.17, 15) is 19.7 Å². The molecule has 0 N–H and O–H groups in total. The van der Waals surface area contributed by atoms with E-state index in [1.165, 1.54) is 24.3 Å². The maximum Gasteiger partial charge on any atom is 0.316 e. The first-order valence-electron chi connectivity index (χ1n) is 6.99. The Bertz CT molecular complexity index is 858. The zero-order valence-corrected chi connectivity index (χ0v) is 16.0. The normalized spacial score (nSPS) is 10.4. The number of Topliss-reactive ketones (excluding diaryl/α,β-unsaturated/α-hetero) is 1. The smallest absolute Gasteiger partial charge is 0.316 e. The number of nitro groups is 1. The lowest BCUT2D eigenvalue weighted by atomic mass is 10.1. The SMILES string of the molecule is O=C(CSc1ccc(Cl)c(Cl)c1Cl)OCC(=O)c1ccc([N+](=O)[O-])cc1. The Balaban J connectivity index is 1.86. The molecule has 0 aliphatic carbocycles. The van der Waals surface area contributed by atoms with E-state index < -0.39 is 23.3 Å². The number of nitrogens with zero attached hydrogens (tertiary/aromatic N) is 1. The molecule has 6 nitrogen and oxygen atoms in total. The zero-order valence-electron chi connectivity index (χ0n) is 12.9. The fourth-order valence-electron chi connectivity index (χ4n) is 1.80. The summed E-state index contributed by atoms with van der Waals surface area (Å²) in [6.07, 6.45) is 0. The molecule has 0 radical (unpaired) electrons. The Labute approximate surface area is 167 Å². The summed E-state index contributed by atoms with van der Waals surface area (Å²) in [4.78, 5) is 34.3. The lowest BCUT2D eigenvalue weighted by molar-refractivity contribution is -0.384. The average molecular weight is 435 g/mol. The van der Waals surface area contributed by atoms with Crippen molar-refractivity contribution in [1.29, 1.82) is 0 Å². The van der Waals surface area contributed by atoms with E-state index in [0.717, 1.165) is 11.8 Å². The molecule has 0 spiro atoms. The van der Waals surface area contributed by atoms with Crippen LogP contribution in [0, 0.1) is 10.1 Å². The van der Waals surface area contributed by atoms with E-state index in [0.29, 0.717) is 9.92 Å². The Morgan fingerprint density at radius 1 is 1.04 bits per heavy atom. The monoisotopic (exact) mass is 433 g/mol. The molecular formula is C16H10Cl3NO5S. The molecule has 0 atom stereocenters. The molecule has 0 aromatic heterocycles. The Morgan fingerprint density at radius 3 is 2.31 bits per heavy atom. The predicted octanol–water partition coefficient (Wildman–Crippen LogP) is 5.07. The molecule has 2 aromatic rings. The molecule has 0 saturated carbocycles. The molecule has 2 rings (SSSR count). The largest absolute Gasteiger partial charge is 0.457 e. The average Bonchev–Trinajstić information content (AvgIpc) is 2.63. The summed E-state index contributed by atoms with van der Waals surface area (Å²) in [5, 5.41) is 11.3. The van der Waals surface area contributed by atoms with Gasteiger partial charge in [0.15, 0.2) is 12.4 Å². The van der Waals surface area contributed by atoms with Gasteiger partial charge in [0.2, 0.25) is 0 Å². The number of hydrogen-bond donors (Lipinski definition) is 0. The molecule has 136 valence electrons. The quantitative estimate of drug-likeness (QED) is 0.151. The van der Waals surface area contributed by atoms with Gasteiger partial charge in [-0.3, -0.25) is 19.7 Å². The van der Waals surface area contributed by atoms with Crippen LogP contribution in [0.2, 0.25) is 15.1 Å². The number of nitro benzene ring substituents is 1. The van der Waals surface area contributed by atoms with Crippen LogP contribution in [-0.2, 0) is 9.53 Å². The number of halogens is 3. The van der Waals surface area contributed by atoms with Crippen molar-refractivity contribution in [1.82, 2.24) is 0 Å². The van der Waals surface area contributed by atoms with Gasteiger partial charge in [-0.15, -0.1) is 11.8 Å². The summed E-state index contributed by atoms with van der Waals surface area (Å²) in [7, 11) is 0. The molecule has 0 bridgehead atoms. The van der Waals surface area contributed by atoms with Gasteiger partial charge < -0.3 is 4.74 Å². The second kappa shape index (κ2) is 9.23. The second-order valence-corrected chi connectivity index (χ2v) is 7.03. The van der Waals surface area contributed by atoms with Crippen LogP contribution >= 0.6 is 46.6 Å².